The third kappa shape index (κ3) is 3.85. The minimum absolute atomic E-state index is 0.0174. The van der Waals surface area contributed by atoms with E-state index in [0.717, 1.165) is 0 Å². The van der Waals surface area contributed by atoms with Crippen molar-refractivity contribution >= 4 is 0 Å². The van der Waals surface area contributed by atoms with Crippen LogP contribution in [0, 0.1) is 0 Å². The van der Waals surface area contributed by atoms with Crippen LogP contribution >= 0.6 is 0 Å². The van der Waals surface area contributed by atoms with Crippen molar-refractivity contribution in [3.8, 4) is 0 Å². The van der Waals surface area contributed by atoms with Crippen LogP contribution in [0.15, 0.2) is 0 Å². The Hall–Kier alpha value is -0.150. The second-order valence-corrected chi connectivity index (χ2v) is 0.865. The van der Waals surface area contributed by atoms with Crippen molar-refractivity contribution in [3.05, 3.63) is 0 Å². The van der Waals surface area contributed by atoms with E-state index in [-0.39, 0.29) is 13.0 Å². The molecule has 0 saturated carbocycles. The van der Waals surface area contributed by atoms with Crippen LogP contribution in [0.2, 0.25) is 0 Å². The zero-order valence-electron chi connectivity index (χ0n) is 3.32. The average molecular weight is 93.1 g/mol. The third-order valence-corrected chi connectivity index (χ3v) is 0.361. The van der Waals surface area contributed by atoms with Crippen molar-refractivity contribution in [3.63, 3.8) is 0 Å². The van der Waals surface area contributed by atoms with Crippen LogP contribution in [0.25, 0.3) is 0 Å². The van der Waals surface area contributed by atoms with Crippen LogP contribution in [0.1, 0.15) is 6.42 Å². The fourth-order valence-corrected chi connectivity index (χ4v) is 0.113. The summed E-state index contributed by atoms with van der Waals surface area (Å²) in [5, 5.41) is 9.02. The van der Waals surface area contributed by atoms with Gasteiger partial charge in [-0.05, 0) is 5.26 Å². The van der Waals surface area contributed by atoms with Gasteiger partial charge in [-0.15, -0.1) is 0 Å². The van der Waals surface area contributed by atoms with E-state index in [1.54, 1.807) is 0 Å². The lowest BCUT2D eigenvalue weighted by molar-refractivity contribution is -0.304. The molecule has 0 rings (SSSR count). The molecule has 0 spiro atoms. The summed E-state index contributed by atoms with van der Waals surface area (Å²) in [6.45, 7) is -0.487. The Morgan fingerprint density at radius 1 is 1.67 bits per heavy atom. The Labute approximate surface area is 35.5 Å². The third-order valence-electron chi connectivity index (χ3n) is 0.361. The quantitative estimate of drug-likeness (QED) is 0.287. The second-order valence-electron chi connectivity index (χ2n) is 0.865. The SMILES string of the molecule is [O]OCCCF. The highest BCUT2D eigenvalue weighted by molar-refractivity contribution is 4.24. The molecule has 0 atom stereocenters. The fourth-order valence-electron chi connectivity index (χ4n) is 0.113. The second kappa shape index (κ2) is 4.85. The van der Waals surface area contributed by atoms with E-state index in [1.807, 2.05) is 0 Å². The molecule has 0 aromatic rings. The van der Waals surface area contributed by atoms with Gasteiger partial charge in [0.2, 0.25) is 0 Å². The van der Waals surface area contributed by atoms with Gasteiger partial charge < -0.3 is 0 Å². The van der Waals surface area contributed by atoms with Gasteiger partial charge in [-0.25, -0.2) is 4.89 Å². The van der Waals surface area contributed by atoms with E-state index >= 15 is 0 Å². The maximum absolute atomic E-state index is 11.0. The minimum atomic E-state index is -0.470. The molecule has 0 aliphatic heterocycles. The summed E-state index contributed by atoms with van der Waals surface area (Å²) in [7, 11) is 0. The first-order valence-corrected chi connectivity index (χ1v) is 1.72. The number of alkyl halides is 1. The van der Waals surface area contributed by atoms with Gasteiger partial charge in [0.15, 0.2) is 0 Å². The standard InChI is InChI=1S/C3H6FO2/c4-2-1-3-6-5/h1-3H2. The highest BCUT2D eigenvalue weighted by atomic mass is 19.1. The summed E-state index contributed by atoms with van der Waals surface area (Å²) in [5.74, 6) is 0. The van der Waals surface area contributed by atoms with Crippen LogP contribution in [0.4, 0.5) is 4.39 Å². The molecular formula is C3H6FO2. The van der Waals surface area contributed by atoms with E-state index in [0.29, 0.717) is 0 Å². The zero-order valence-corrected chi connectivity index (χ0v) is 3.32. The molecule has 0 N–H and O–H groups in total. The van der Waals surface area contributed by atoms with Crippen LogP contribution in [-0.2, 0) is 10.1 Å². The van der Waals surface area contributed by atoms with Gasteiger partial charge in [0, 0.05) is 6.42 Å². The molecule has 0 fully saturated rings. The lowest BCUT2D eigenvalue weighted by Crippen LogP contribution is -1.86. The van der Waals surface area contributed by atoms with Gasteiger partial charge >= 0.3 is 0 Å². The number of hydrogen-bond donors (Lipinski definition) is 0. The summed E-state index contributed by atoms with van der Waals surface area (Å²) in [5.41, 5.74) is 0. The smallest absolute Gasteiger partial charge is 0.0917 e. The molecule has 2 nitrogen and oxygen atoms in total. The van der Waals surface area contributed by atoms with E-state index in [1.165, 1.54) is 0 Å². The lowest BCUT2D eigenvalue weighted by atomic mass is 10.5. The van der Waals surface area contributed by atoms with Crippen LogP contribution in [-0.4, -0.2) is 13.3 Å². The molecule has 37 valence electrons. The largest absolute Gasteiger partial charge is 0.251 e. The first-order valence-electron chi connectivity index (χ1n) is 1.72. The topological polar surface area (TPSA) is 29.1 Å². The highest BCUT2D eigenvalue weighted by Gasteiger charge is 1.80. The summed E-state index contributed by atoms with van der Waals surface area (Å²) in [4.78, 5) is 3.29. The highest BCUT2D eigenvalue weighted by Crippen LogP contribution is 1.78. The maximum atomic E-state index is 11.0. The van der Waals surface area contributed by atoms with Crippen molar-refractivity contribution in [1.29, 1.82) is 0 Å². The van der Waals surface area contributed by atoms with Crippen LogP contribution in [0.5, 0.6) is 0 Å². The van der Waals surface area contributed by atoms with E-state index in [9.17, 15) is 4.39 Å². The lowest BCUT2D eigenvalue weighted by Gasteiger charge is -1.82. The molecule has 3 heteroatoms. The van der Waals surface area contributed by atoms with Gasteiger partial charge in [0.25, 0.3) is 0 Å². The monoisotopic (exact) mass is 93.0 g/mol. The number of halogens is 1. The first-order chi connectivity index (χ1) is 2.91. The first kappa shape index (κ1) is 5.85. The van der Waals surface area contributed by atoms with E-state index in [2.05, 4.69) is 4.89 Å². The van der Waals surface area contributed by atoms with Crippen molar-refractivity contribution in [2.75, 3.05) is 13.3 Å². The van der Waals surface area contributed by atoms with Gasteiger partial charge in [-0.2, -0.15) is 0 Å². The Morgan fingerprint density at radius 3 is 2.50 bits per heavy atom. The molecule has 0 heterocycles. The molecule has 0 aliphatic rings. The van der Waals surface area contributed by atoms with Gasteiger partial charge in [0.1, 0.15) is 0 Å². The Bertz CT molecular complexity index is 20.8. The summed E-state index contributed by atoms with van der Waals surface area (Å²) in [6, 6.07) is 0. The molecule has 0 amide bonds. The predicted molar refractivity (Wildman–Crippen MR) is 17.2 cm³/mol. The Morgan fingerprint density at radius 2 is 2.33 bits per heavy atom. The van der Waals surface area contributed by atoms with Crippen molar-refractivity contribution < 1.29 is 14.5 Å². The molecule has 0 bridgehead atoms. The number of hydrogen-bond acceptors (Lipinski definition) is 1. The van der Waals surface area contributed by atoms with E-state index in [4.69, 9.17) is 5.26 Å². The Balaban J connectivity index is 2.34. The molecular weight excluding hydrogens is 87.0 g/mol. The molecule has 1 radical (unpaired) electrons. The van der Waals surface area contributed by atoms with Gasteiger partial charge in [-0.3, -0.25) is 4.39 Å². The van der Waals surface area contributed by atoms with Crippen LogP contribution in [0.3, 0.4) is 0 Å². The van der Waals surface area contributed by atoms with Crippen molar-refractivity contribution in [1.82, 2.24) is 0 Å². The molecule has 0 aromatic heterocycles. The van der Waals surface area contributed by atoms with Crippen LogP contribution < -0.4 is 0 Å². The molecule has 0 aliphatic carbocycles. The predicted octanol–water partition coefficient (Wildman–Crippen LogP) is 0.708. The average Bonchev–Trinajstić information content (AvgIpc) is 1.61. The summed E-state index contributed by atoms with van der Waals surface area (Å²) >= 11 is 0. The van der Waals surface area contributed by atoms with Crippen molar-refractivity contribution in [2.45, 2.75) is 6.42 Å². The normalized spacial score (nSPS) is 9.00. The molecule has 0 aromatic carbocycles. The summed E-state index contributed by atoms with van der Waals surface area (Å²) in [6.07, 6.45) is 0.212. The minimum Gasteiger partial charge on any atom is -0.251 e. The van der Waals surface area contributed by atoms with Gasteiger partial charge in [-0.1, -0.05) is 0 Å². The summed E-state index contributed by atoms with van der Waals surface area (Å²) < 4.78 is 11.0. The molecule has 0 saturated heterocycles. The zero-order chi connectivity index (χ0) is 4.83. The van der Waals surface area contributed by atoms with E-state index < -0.39 is 6.67 Å². The number of rotatable bonds is 3. The fraction of sp³-hybridized carbons (Fsp3) is 1.00. The Kier molecular flexibility index (Phi) is 4.73. The molecule has 0 unspecified atom stereocenters. The van der Waals surface area contributed by atoms with Gasteiger partial charge in [0.05, 0.1) is 13.3 Å². The van der Waals surface area contributed by atoms with Crippen molar-refractivity contribution in [2.24, 2.45) is 0 Å². The molecule has 6 heavy (non-hydrogen) atoms. The maximum Gasteiger partial charge on any atom is 0.0917 e.